The lowest BCUT2D eigenvalue weighted by atomic mass is 10.1. The number of hydrogen-bond donors (Lipinski definition) is 0. The first-order chi connectivity index (χ1) is 10.1. The van der Waals surface area contributed by atoms with Gasteiger partial charge in [0.25, 0.3) is 0 Å². The summed E-state index contributed by atoms with van der Waals surface area (Å²) in [6.45, 7) is 0.181. The van der Waals surface area contributed by atoms with E-state index < -0.39 is 11.9 Å². The molecule has 0 aliphatic heterocycles. The third kappa shape index (κ3) is 2.83. The number of fused-ring (bicyclic) bond motifs is 1. The highest BCUT2D eigenvalue weighted by Crippen LogP contribution is 2.30. The average molecular weight is 301 g/mol. The van der Waals surface area contributed by atoms with Crippen LogP contribution in [0, 0.1) is 5.92 Å². The molecule has 1 aliphatic rings. The minimum atomic E-state index is -0.748. The van der Waals surface area contributed by atoms with Crippen LogP contribution in [0.5, 0.6) is 0 Å². The van der Waals surface area contributed by atoms with Crippen LogP contribution in [-0.4, -0.2) is 11.8 Å². The lowest BCUT2D eigenvalue weighted by Crippen LogP contribution is -2.23. The van der Waals surface area contributed by atoms with Crippen molar-refractivity contribution in [2.24, 2.45) is 5.92 Å². The van der Waals surface area contributed by atoms with Gasteiger partial charge in [0.15, 0.2) is 5.78 Å². The Morgan fingerprint density at radius 2 is 1.95 bits per heavy atom. The van der Waals surface area contributed by atoms with E-state index in [-0.39, 0.29) is 12.4 Å². The van der Waals surface area contributed by atoms with Crippen molar-refractivity contribution in [2.75, 3.05) is 0 Å². The number of ketones is 1. The van der Waals surface area contributed by atoms with Crippen molar-refractivity contribution in [2.45, 2.75) is 13.0 Å². The maximum Gasteiger partial charge on any atom is 0.317 e. The Kier molecular flexibility index (Phi) is 3.76. The predicted molar refractivity (Wildman–Crippen MR) is 79.2 cm³/mol. The largest absolute Gasteiger partial charge is 0.460 e. The van der Waals surface area contributed by atoms with Crippen LogP contribution >= 0.6 is 11.6 Å². The molecule has 0 aromatic heterocycles. The second-order valence-corrected chi connectivity index (χ2v) is 5.45. The number of rotatable bonds is 3. The van der Waals surface area contributed by atoms with Gasteiger partial charge in [-0.1, -0.05) is 41.9 Å². The molecule has 3 nitrogen and oxygen atoms in total. The molecule has 0 spiro atoms. The summed E-state index contributed by atoms with van der Waals surface area (Å²) in [6, 6.07) is 14.5. The van der Waals surface area contributed by atoms with Crippen LogP contribution in [0.2, 0.25) is 5.02 Å². The molecule has 0 fully saturated rings. The number of carbonyl (C=O) groups is 2. The van der Waals surface area contributed by atoms with Gasteiger partial charge in [-0.3, -0.25) is 9.59 Å². The molecule has 1 aliphatic carbocycles. The Morgan fingerprint density at radius 3 is 2.71 bits per heavy atom. The molecule has 4 heteroatoms. The fourth-order valence-electron chi connectivity index (χ4n) is 2.49. The van der Waals surface area contributed by atoms with E-state index in [1.165, 1.54) is 0 Å². The molecular formula is C17H13ClO3. The van der Waals surface area contributed by atoms with Crippen molar-refractivity contribution >= 4 is 23.4 Å². The zero-order valence-electron chi connectivity index (χ0n) is 11.2. The van der Waals surface area contributed by atoms with E-state index >= 15 is 0 Å². The summed E-state index contributed by atoms with van der Waals surface area (Å²) in [5, 5.41) is 0.569. The smallest absolute Gasteiger partial charge is 0.317 e. The second-order valence-electron chi connectivity index (χ2n) is 5.02. The molecule has 0 saturated carbocycles. The van der Waals surface area contributed by atoms with Gasteiger partial charge in [0, 0.05) is 10.6 Å². The van der Waals surface area contributed by atoms with E-state index in [2.05, 4.69) is 0 Å². The first-order valence-corrected chi connectivity index (χ1v) is 7.06. The van der Waals surface area contributed by atoms with Gasteiger partial charge in [0.05, 0.1) is 0 Å². The normalized spacial score (nSPS) is 16.6. The molecule has 0 N–H and O–H groups in total. The van der Waals surface area contributed by atoms with Crippen LogP contribution in [0.4, 0.5) is 0 Å². The number of benzene rings is 2. The van der Waals surface area contributed by atoms with Crippen molar-refractivity contribution in [1.82, 2.24) is 0 Å². The number of carbonyl (C=O) groups excluding carboxylic acids is 2. The maximum atomic E-state index is 12.2. The zero-order chi connectivity index (χ0) is 14.8. The Balaban J connectivity index is 1.68. The van der Waals surface area contributed by atoms with E-state index in [0.29, 0.717) is 17.0 Å². The first kappa shape index (κ1) is 13.8. The topological polar surface area (TPSA) is 43.4 Å². The Labute approximate surface area is 127 Å². The lowest BCUT2D eigenvalue weighted by molar-refractivity contribution is -0.147. The van der Waals surface area contributed by atoms with Crippen LogP contribution in [0.25, 0.3) is 0 Å². The van der Waals surface area contributed by atoms with E-state index in [1.54, 1.807) is 18.2 Å². The van der Waals surface area contributed by atoms with Gasteiger partial charge >= 0.3 is 5.97 Å². The van der Waals surface area contributed by atoms with E-state index in [4.69, 9.17) is 16.3 Å². The Bertz CT molecular complexity index is 694. The number of hydrogen-bond acceptors (Lipinski definition) is 3. The van der Waals surface area contributed by atoms with Crippen molar-refractivity contribution in [1.29, 1.82) is 0 Å². The van der Waals surface area contributed by atoms with E-state index in [1.807, 2.05) is 30.3 Å². The Hall–Kier alpha value is -2.13. The quantitative estimate of drug-likeness (QED) is 0.644. The van der Waals surface area contributed by atoms with Gasteiger partial charge in [-0.05, 0) is 35.7 Å². The molecule has 1 unspecified atom stereocenters. The summed E-state index contributed by atoms with van der Waals surface area (Å²) in [4.78, 5) is 24.3. The highest BCUT2D eigenvalue weighted by atomic mass is 35.5. The summed E-state index contributed by atoms with van der Waals surface area (Å²) in [5.41, 5.74) is 2.28. The van der Waals surface area contributed by atoms with Crippen molar-refractivity contribution < 1.29 is 14.3 Å². The van der Waals surface area contributed by atoms with Gasteiger partial charge in [-0.2, -0.15) is 0 Å². The van der Waals surface area contributed by atoms with Gasteiger partial charge in [-0.25, -0.2) is 0 Å². The molecule has 0 bridgehead atoms. The van der Waals surface area contributed by atoms with Gasteiger partial charge in [-0.15, -0.1) is 0 Å². The summed E-state index contributed by atoms with van der Waals surface area (Å²) in [6.07, 6.45) is 0.363. The number of esters is 1. The number of ether oxygens (including phenoxy) is 1. The molecule has 0 heterocycles. The number of halogens is 1. The summed E-state index contributed by atoms with van der Waals surface area (Å²) >= 11 is 5.91. The van der Waals surface area contributed by atoms with Gasteiger partial charge in [0.2, 0.25) is 0 Å². The fourth-order valence-corrected chi connectivity index (χ4v) is 2.69. The highest BCUT2D eigenvalue weighted by molar-refractivity contribution is 6.31. The molecule has 21 heavy (non-hydrogen) atoms. The van der Waals surface area contributed by atoms with Crippen LogP contribution < -0.4 is 0 Å². The standard InChI is InChI=1S/C17H13ClO3/c18-13-6-7-14-12(8-13)9-15(16(14)19)17(20)21-10-11-4-2-1-3-5-11/h1-8,15H,9-10H2. The molecule has 0 amide bonds. The SMILES string of the molecule is O=C(OCc1ccccc1)C1Cc2cc(Cl)ccc2C1=O. The first-order valence-electron chi connectivity index (χ1n) is 6.68. The third-order valence-corrected chi connectivity index (χ3v) is 3.82. The van der Waals surface area contributed by atoms with Gasteiger partial charge in [0.1, 0.15) is 12.5 Å². The third-order valence-electron chi connectivity index (χ3n) is 3.58. The Morgan fingerprint density at radius 1 is 1.19 bits per heavy atom. The van der Waals surface area contributed by atoms with Gasteiger partial charge < -0.3 is 4.74 Å². The molecule has 0 radical (unpaired) electrons. The molecule has 0 saturated heterocycles. The van der Waals surface area contributed by atoms with Crippen LogP contribution in [0.3, 0.4) is 0 Å². The van der Waals surface area contributed by atoms with Crippen LogP contribution in [-0.2, 0) is 22.6 Å². The minimum Gasteiger partial charge on any atom is -0.460 e. The van der Waals surface area contributed by atoms with Crippen molar-refractivity contribution in [3.8, 4) is 0 Å². The lowest BCUT2D eigenvalue weighted by Gasteiger charge is -2.08. The molecule has 2 aromatic carbocycles. The molecule has 3 rings (SSSR count). The van der Waals surface area contributed by atoms with Crippen LogP contribution in [0.1, 0.15) is 21.5 Å². The molecule has 106 valence electrons. The molecule has 1 atom stereocenters. The minimum absolute atomic E-state index is 0.181. The molecule has 2 aromatic rings. The summed E-state index contributed by atoms with van der Waals surface area (Å²) in [5.74, 6) is -1.40. The fraction of sp³-hybridized carbons (Fsp3) is 0.176. The maximum absolute atomic E-state index is 12.2. The predicted octanol–water partition coefficient (Wildman–Crippen LogP) is 3.44. The second kappa shape index (κ2) is 5.70. The zero-order valence-corrected chi connectivity index (χ0v) is 12.0. The highest BCUT2D eigenvalue weighted by Gasteiger charge is 2.36. The average Bonchev–Trinajstić information content (AvgIpc) is 2.82. The monoisotopic (exact) mass is 300 g/mol. The summed E-state index contributed by atoms with van der Waals surface area (Å²) < 4.78 is 5.25. The van der Waals surface area contributed by atoms with E-state index in [9.17, 15) is 9.59 Å². The number of Topliss-reactive ketones (excluding diaryl/α,β-unsaturated/α-hetero) is 1. The van der Waals surface area contributed by atoms with Crippen molar-refractivity contribution in [3.05, 3.63) is 70.2 Å². The van der Waals surface area contributed by atoms with E-state index in [0.717, 1.165) is 11.1 Å². The molecular weight excluding hydrogens is 288 g/mol. The van der Waals surface area contributed by atoms with Crippen molar-refractivity contribution in [3.63, 3.8) is 0 Å². The summed E-state index contributed by atoms with van der Waals surface area (Å²) in [7, 11) is 0. The van der Waals surface area contributed by atoms with Crippen LogP contribution in [0.15, 0.2) is 48.5 Å².